The fourth-order valence-corrected chi connectivity index (χ4v) is 3.22. The van der Waals surface area contributed by atoms with Crippen LogP contribution >= 0.6 is 15.9 Å². The highest BCUT2D eigenvalue weighted by Gasteiger charge is 2.19. The van der Waals surface area contributed by atoms with E-state index >= 15 is 0 Å². The Kier molecular flexibility index (Phi) is 9.95. The zero-order valence-corrected chi connectivity index (χ0v) is 17.8. The predicted octanol–water partition coefficient (Wildman–Crippen LogP) is 1.52. The fraction of sp³-hybridized carbons (Fsp3) is 0.684. The van der Waals surface area contributed by atoms with Crippen LogP contribution in [0.4, 0.5) is 4.39 Å². The van der Waals surface area contributed by atoms with Gasteiger partial charge in [0, 0.05) is 65.5 Å². The molecule has 0 amide bonds. The standard InChI is InChI=1S/C19H31BrFN3O3/c1-22(11-12-26-2)5-6-23-7-9-24(10-8-23)14-16(25)15-27-17-3-4-18(20)19(21)13-17/h3-4,13,16,25H,5-12,14-15H2,1-2H3. The van der Waals surface area contributed by atoms with Gasteiger partial charge in [-0.2, -0.15) is 0 Å². The largest absolute Gasteiger partial charge is 0.491 e. The molecule has 154 valence electrons. The molecule has 27 heavy (non-hydrogen) atoms. The molecule has 0 aromatic heterocycles. The molecular weight excluding hydrogens is 417 g/mol. The first kappa shape index (κ1) is 22.5. The number of β-amino-alcohol motifs (C(OH)–C–C–N with tert-alkyl or cyclic N) is 1. The van der Waals surface area contributed by atoms with E-state index in [1.807, 2.05) is 0 Å². The highest BCUT2D eigenvalue weighted by molar-refractivity contribution is 9.10. The second-order valence-electron chi connectivity index (χ2n) is 6.98. The Bertz CT molecular complexity index is 559. The smallest absolute Gasteiger partial charge is 0.141 e. The number of likely N-dealkylation sites (N-methyl/N-ethyl adjacent to an activating group) is 1. The predicted molar refractivity (Wildman–Crippen MR) is 108 cm³/mol. The zero-order valence-electron chi connectivity index (χ0n) is 16.2. The number of methoxy groups -OCH3 is 1. The van der Waals surface area contributed by atoms with Crippen molar-refractivity contribution in [2.45, 2.75) is 6.10 Å². The van der Waals surface area contributed by atoms with Crippen molar-refractivity contribution in [3.8, 4) is 5.75 Å². The van der Waals surface area contributed by atoms with Crippen molar-refractivity contribution in [2.75, 3.05) is 79.7 Å². The first-order valence-corrected chi connectivity index (χ1v) is 10.2. The summed E-state index contributed by atoms with van der Waals surface area (Å²) in [5.74, 6) is 0.0585. The lowest BCUT2D eigenvalue weighted by molar-refractivity contribution is 0.0441. The van der Waals surface area contributed by atoms with Gasteiger partial charge in [0.05, 0.1) is 11.1 Å². The van der Waals surface area contributed by atoms with Gasteiger partial charge in [-0.05, 0) is 35.1 Å². The lowest BCUT2D eigenvalue weighted by atomic mass is 10.2. The van der Waals surface area contributed by atoms with Gasteiger partial charge >= 0.3 is 0 Å². The molecule has 0 spiro atoms. The molecule has 1 fully saturated rings. The number of nitrogens with zero attached hydrogens (tertiary/aromatic N) is 3. The number of ether oxygens (including phenoxy) is 2. The van der Waals surface area contributed by atoms with Gasteiger partial charge in [-0.25, -0.2) is 4.39 Å². The monoisotopic (exact) mass is 447 g/mol. The summed E-state index contributed by atoms with van der Waals surface area (Å²) in [5, 5.41) is 10.2. The number of halogens is 2. The third-order valence-corrected chi connectivity index (χ3v) is 5.39. The lowest BCUT2D eigenvalue weighted by Gasteiger charge is -2.36. The molecule has 1 N–H and O–H groups in total. The van der Waals surface area contributed by atoms with Crippen LogP contribution in [0.15, 0.2) is 22.7 Å². The molecule has 1 unspecified atom stereocenters. The Hall–Kier alpha value is -0.770. The minimum absolute atomic E-state index is 0.158. The molecule has 1 atom stereocenters. The van der Waals surface area contributed by atoms with Crippen LogP contribution in [-0.2, 0) is 4.74 Å². The molecule has 1 aliphatic heterocycles. The molecule has 0 radical (unpaired) electrons. The van der Waals surface area contributed by atoms with Crippen molar-refractivity contribution in [1.29, 1.82) is 0 Å². The van der Waals surface area contributed by atoms with E-state index in [1.54, 1.807) is 19.2 Å². The van der Waals surface area contributed by atoms with Crippen LogP contribution < -0.4 is 4.74 Å². The van der Waals surface area contributed by atoms with E-state index < -0.39 is 6.10 Å². The van der Waals surface area contributed by atoms with Gasteiger partial charge in [-0.3, -0.25) is 9.80 Å². The van der Waals surface area contributed by atoms with Crippen LogP contribution in [0.5, 0.6) is 5.75 Å². The third kappa shape index (κ3) is 8.41. The number of hydrogen-bond donors (Lipinski definition) is 1. The van der Waals surface area contributed by atoms with Crippen LogP contribution in [0, 0.1) is 5.82 Å². The maximum absolute atomic E-state index is 13.5. The Balaban J connectivity index is 1.61. The summed E-state index contributed by atoms with van der Waals surface area (Å²) in [7, 11) is 3.84. The highest BCUT2D eigenvalue weighted by Crippen LogP contribution is 2.21. The second-order valence-corrected chi connectivity index (χ2v) is 7.83. The van der Waals surface area contributed by atoms with Gasteiger partial charge in [0.15, 0.2) is 0 Å². The Labute approximate surface area is 170 Å². The summed E-state index contributed by atoms with van der Waals surface area (Å²) in [6.45, 7) is 8.40. The quantitative estimate of drug-likeness (QED) is 0.554. The summed E-state index contributed by atoms with van der Waals surface area (Å²) < 4.78 is 24.5. The van der Waals surface area contributed by atoms with Crippen molar-refractivity contribution in [2.24, 2.45) is 0 Å². The van der Waals surface area contributed by atoms with E-state index in [0.717, 1.165) is 52.4 Å². The molecule has 1 saturated heterocycles. The van der Waals surface area contributed by atoms with E-state index in [9.17, 15) is 9.50 Å². The average molecular weight is 448 g/mol. The molecular formula is C19H31BrFN3O3. The minimum Gasteiger partial charge on any atom is -0.491 e. The van der Waals surface area contributed by atoms with Crippen molar-refractivity contribution < 1.29 is 19.0 Å². The Morgan fingerprint density at radius 3 is 2.59 bits per heavy atom. The van der Waals surface area contributed by atoms with Crippen LogP contribution in [0.3, 0.4) is 0 Å². The second kappa shape index (κ2) is 11.9. The van der Waals surface area contributed by atoms with Gasteiger partial charge < -0.3 is 19.5 Å². The first-order valence-electron chi connectivity index (χ1n) is 9.36. The lowest BCUT2D eigenvalue weighted by Crippen LogP contribution is -2.50. The number of benzene rings is 1. The number of hydrogen-bond acceptors (Lipinski definition) is 6. The van der Waals surface area contributed by atoms with Crippen LogP contribution in [-0.4, -0.2) is 106 Å². The van der Waals surface area contributed by atoms with E-state index in [-0.39, 0.29) is 12.4 Å². The maximum Gasteiger partial charge on any atom is 0.141 e. The third-order valence-electron chi connectivity index (χ3n) is 4.74. The van der Waals surface area contributed by atoms with Crippen LogP contribution in [0.25, 0.3) is 0 Å². The molecule has 0 bridgehead atoms. The number of aliphatic hydroxyl groups excluding tert-OH is 1. The number of piperazine rings is 1. The molecule has 1 aliphatic rings. The molecule has 6 nitrogen and oxygen atoms in total. The summed E-state index contributed by atoms with van der Waals surface area (Å²) in [4.78, 5) is 6.98. The van der Waals surface area contributed by atoms with E-state index in [4.69, 9.17) is 9.47 Å². The molecule has 1 heterocycles. The average Bonchev–Trinajstić information content (AvgIpc) is 2.66. The summed E-state index contributed by atoms with van der Waals surface area (Å²) in [5.41, 5.74) is 0. The fourth-order valence-electron chi connectivity index (χ4n) is 2.98. The normalized spacial score (nSPS) is 17.4. The van der Waals surface area contributed by atoms with E-state index in [1.165, 1.54) is 6.07 Å². The summed E-state index contributed by atoms with van der Waals surface area (Å²) >= 11 is 3.11. The number of rotatable bonds is 11. The topological polar surface area (TPSA) is 48.4 Å². The van der Waals surface area contributed by atoms with Gasteiger partial charge in [-0.1, -0.05) is 0 Å². The Morgan fingerprint density at radius 2 is 1.93 bits per heavy atom. The molecule has 0 aliphatic carbocycles. The summed E-state index contributed by atoms with van der Waals surface area (Å²) in [6, 6.07) is 4.60. The first-order chi connectivity index (χ1) is 13.0. The maximum atomic E-state index is 13.5. The van der Waals surface area contributed by atoms with E-state index in [0.29, 0.717) is 16.8 Å². The number of aliphatic hydroxyl groups is 1. The van der Waals surface area contributed by atoms with E-state index in [2.05, 4.69) is 37.7 Å². The molecule has 1 aromatic rings. The van der Waals surface area contributed by atoms with Gasteiger partial charge in [0.25, 0.3) is 0 Å². The van der Waals surface area contributed by atoms with Gasteiger partial charge in [-0.15, -0.1) is 0 Å². The van der Waals surface area contributed by atoms with Crippen molar-refractivity contribution in [1.82, 2.24) is 14.7 Å². The van der Waals surface area contributed by atoms with Crippen LogP contribution in [0.2, 0.25) is 0 Å². The molecule has 1 aromatic carbocycles. The zero-order chi connectivity index (χ0) is 19.6. The van der Waals surface area contributed by atoms with Crippen molar-refractivity contribution in [3.05, 3.63) is 28.5 Å². The highest BCUT2D eigenvalue weighted by atomic mass is 79.9. The minimum atomic E-state index is -0.594. The molecule has 0 saturated carbocycles. The van der Waals surface area contributed by atoms with Gasteiger partial charge in [0.2, 0.25) is 0 Å². The Morgan fingerprint density at radius 1 is 1.22 bits per heavy atom. The van der Waals surface area contributed by atoms with Gasteiger partial charge in [0.1, 0.15) is 24.3 Å². The summed E-state index contributed by atoms with van der Waals surface area (Å²) in [6.07, 6.45) is -0.594. The van der Waals surface area contributed by atoms with Crippen molar-refractivity contribution >= 4 is 15.9 Å². The van der Waals surface area contributed by atoms with Crippen LogP contribution in [0.1, 0.15) is 0 Å². The SMILES string of the molecule is COCCN(C)CCN1CCN(CC(O)COc2ccc(Br)c(F)c2)CC1. The van der Waals surface area contributed by atoms with Crippen molar-refractivity contribution in [3.63, 3.8) is 0 Å². The molecule has 2 rings (SSSR count). The molecule has 8 heteroatoms.